The van der Waals surface area contributed by atoms with Crippen LogP contribution in [-0.2, 0) is 24.1 Å². The fourth-order valence-corrected chi connectivity index (χ4v) is 3.95. The predicted octanol–water partition coefficient (Wildman–Crippen LogP) is 4.60. The number of halogens is 7. The molecule has 1 amide bonds. The minimum Gasteiger partial charge on any atom is -0.475 e. The molecule has 0 bridgehead atoms. The molecule has 0 saturated heterocycles. The number of carbonyl (C=O) groups excluding carboxylic acids is 1. The molecule has 8 nitrogen and oxygen atoms in total. The van der Waals surface area contributed by atoms with Gasteiger partial charge in [-0.3, -0.25) is 13.9 Å². The van der Waals surface area contributed by atoms with Crippen LogP contribution in [0.3, 0.4) is 0 Å². The zero-order valence-corrected chi connectivity index (χ0v) is 21.5. The van der Waals surface area contributed by atoms with E-state index in [0.717, 1.165) is 17.7 Å². The van der Waals surface area contributed by atoms with Crippen LogP contribution in [-0.4, -0.2) is 56.8 Å². The molecule has 1 aromatic heterocycles. The molecule has 3 aromatic rings. The van der Waals surface area contributed by atoms with Gasteiger partial charge in [-0.2, -0.15) is 26.3 Å². The molecule has 2 aromatic carbocycles. The number of nitrogens with zero attached hydrogens (tertiary/aromatic N) is 3. The van der Waals surface area contributed by atoms with E-state index >= 15 is 0 Å². The molecule has 0 atom stereocenters. The number of carbonyl (C=O) groups is 2. The summed E-state index contributed by atoms with van der Waals surface area (Å²) in [5.41, 5.74) is 3.50. The Balaban J connectivity index is 0.000000673. The predicted molar refractivity (Wildman–Crippen MR) is 132 cm³/mol. The van der Waals surface area contributed by atoms with Crippen molar-refractivity contribution in [2.24, 2.45) is 5.73 Å². The van der Waals surface area contributed by atoms with E-state index < -0.39 is 35.5 Å². The Labute approximate surface area is 223 Å². The number of amides is 1. The van der Waals surface area contributed by atoms with Crippen LogP contribution in [0.2, 0.25) is 5.02 Å². The van der Waals surface area contributed by atoms with E-state index in [1.807, 2.05) is 18.7 Å². The number of fused-ring (bicyclic) bond motifs is 1. The summed E-state index contributed by atoms with van der Waals surface area (Å²) in [7, 11) is 0. The highest BCUT2D eigenvalue weighted by atomic mass is 35.5. The number of aromatic nitrogens is 2. The highest BCUT2D eigenvalue weighted by molar-refractivity contribution is 6.31. The van der Waals surface area contributed by atoms with Gasteiger partial charge in [-0.05, 0) is 36.9 Å². The fraction of sp³-hybridized carbons (Fsp3) is 0.375. The topological polar surface area (TPSA) is 111 Å². The molecular formula is C24H25ClF6N4O4. The van der Waals surface area contributed by atoms with Crippen LogP contribution in [0, 0.1) is 0 Å². The van der Waals surface area contributed by atoms with Crippen LogP contribution >= 0.6 is 11.6 Å². The maximum Gasteiger partial charge on any atom is 0.490 e. The van der Waals surface area contributed by atoms with Crippen LogP contribution in [0.15, 0.2) is 41.2 Å². The maximum absolute atomic E-state index is 14.0. The van der Waals surface area contributed by atoms with E-state index in [1.54, 1.807) is 24.3 Å². The molecule has 0 spiro atoms. The molecule has 0 saturated carbocycles. The van der Waals surface area contributed by atoms with Gasteiger partial charge in [-0.15, -0.1) is 0 Å². The number of rotatable bonds is 8. The summed E-state index contributed by atoms with van der Waals surface area (Å²) in [4.78, 5) is 36.0. The summed E-state index contributed by atoms with van der Waals surface area (Å²) in [6.45, 7) is 5.84. The van der Waals surface area contributed by atoms with E-state index in [4.69, 9.17) is 27.2 Å². The van der Waals surface area contributed by atoms with Crippen molar-refractivity contribution in [1.29, 1.82) is 0 Å². The van der Waals surface area contributed by atoms with Gasteiger partial charge in [0.25, 0.3) is 0 Å². The molecule has 1 heterocycles. The van der Waals surface area contributed by atoms with Crippen molar-refractivity contribution in [3.8, 4) is 0 Å². The summed E-state index contributed by atoms with van der Waals surface area (Å²) >= 11 is 6.21. The third-order valence-electron chi connectivity index (χ3n) is 5.77. The quantitative estimate of drug-likeness (QED) is 0.377. The molecule has 214 valence electrons. The van der Waals surface area contributed by atoms with Crippen molar-refractivity contribution in [2.45, 2.75) is 39.3 Å². The molecule has 0 aliphatic heterocycles. The second kappa shape index (κ2) is 12.6. The van der Waals surface area contributed by atoms with Crippen LogP contribution in [0.25, 0.3) is 11.0 Å². The number of alkyl halides is 6. The third-order valence-corrected chi connectivity index (χ3v) is 6.13. The van der Waals surface area contributed by atoms with E-state index in [1.165, 1.54) is 10.6 Å². The van der Waals surface area contributed by atoms with Crippen molar-refractivity contribution >= 4 is 34.5 Å². The molecule has 3 N–H and O–H groups in total. The summed E-state index contributed by atoms with van der Waals surface area (Å²) in [5, 5.41) is 7.46. The first-order valence-corrected chi connectivity index (χ1v) is 11.8. The number of nitrogens with two attached hydrogens (primary N) is 1. The van der Waals surface area contributed by atoms with Gasteiger partial charge in [0, 0.05) is 23.7 Å². The largest absolute Gasteiger partial charge is 0.490 e. The van der Waals surface area contributed by atoms with Gasteiger partial charge in [0.1, 0.15) is 0 Å². The highest BCUT2D eigenvalue weighted by Crippen LogP contribution is 2.36. The first-order valence-electron chi connectivity index (χ1n) is 11.4. The van der Waals surface area contributed by atoms with Crippen LogP contribution < -0.4 is 11.4 Å². The smallest absolute Gasteiger partial charge is 0.475 e. The molecule has 0 aliphatic carbocycles. The molecule has 3 rings (SSSR count). The molecule has 0 fully saturated rings. The van der Waals surface area contributed by atoms with Gasteiger partial charge in [-0.1, -0.05) is 43.6 Å². The van der Waals surface area contributed by atoms with Crippen molar-refractivity contribution in [1.82, 2.24) is 14.0 Å². The number of benzene rings is 2. The molecule has 0 unspecified atom stereocenters. The summed E-state index contributed by atoms with van der Waals surface area (Å²) in [6.07, 6.45) is -9.89. The van der Waals surface area contributed by atoms with Crippen molar-refractivity contribution < 1.29 is 41.0 Å². The van der Waals surface area contributed by atoms with Crippen molar-refractivity contribution in [2.75, 3.05) is 19.6 Å². The summed E-state index contributed by atoms with van der Waals surface area (Å²) < 4.78 is 76.1. The lowest BCUT2D eigenvalue weighted by Crippen LogP contribution is -2.32. The standard InChI is InChI=1S/C22H24ClF3N4O2.C2HF3O2/c1-3-28(4-2)9-10-29-18-12-15(20(27)31)11-16(22(24,25)26)19(18)30(21(29)32)13-14-7-5-6-8-17(14)23;3-2(4,5)1(6)7/h5-8,11-12H,3-4,9-10,13H2,1-2H3,(H2,27,31);(H,6,7). The molecule has 0 aliphatic rings. The molecule has 39 heavy (non-hydrogen) atoms. The minimum atomic E-state index is -5.08. The zero-order valence-electron chi connectivity index (χ0n) is 20.7. The van der Waals surface area contributed by atoms with E-state index in [9.17, 15) is 35.9 Å². The van der Waals surface area contributed by atoms with E-state index in [2.05, 4.69) is 0 Å². The van der Waals surface area contributed by atoms with Gasteiger partial charge >= 0.3 is 24.0 Å². The lowest BCUT2D eigenvalue weighted by molar-refractivity contribution is -0.192. The Bertz CT molecular complexity index is 1390. The van der Waals surface area contributed by atoms with Gasteiger partial charge in [0.05, 0.1) is 23.1 Å². The number of carboxylic acid groups (broad SMARTS) is 1. The molecular weight excluding hydrogens is 558 g/mol. The first-order chi connectivity index (χ1) is 18.0. The molecule has 15 heteroatoms. The Kier molecular flexibility index (Phi) is 10.2. The number of hydrogen-bond acceptors (Lipinski definition) is 4. The monoisotopic (exact) mass is 582 g/mol. The number of aliphatic carboxylic acids is 1. The zero-order chi connectivity index (χ0) is 29.7. The van der Waals surface area contributed by atoms with E-state index in [0.29, 0.717) is 23.2 Å². The SMILES string of the molecule is CCN(CC)CCn1c(=O)n(Cc2ccccc2Cl)c2c(C(F)(F)F)cc(C(N)=O)cc21.O=C(O)C(F)(F)F. The van der Waals surface area contributed by atoms with Crippen LogP contribution in [0.1, 0.15) is 35.3 Å². The third kappa shape index (κ3) is 7.76. The average molecular weight is 583 g/mol. The van der Waals surface area contributed by atoms with E-state index in [-0.39, 0.29) is 29.7 Å². The fourth-order valence-electron chi connectivity index (χ4n) is 3.75. The maximum atomic E-state index is 14.0. The minimum absolute atomic E-state index is 0.0119. The van der Waals surface area contributed by atoms with Gasteiger partial charge in [0.2, 0.25) is 5.91 Å². The normalized spacial score (nSPS) is 11.9. The second-order valence-corrected chi connectivity index (χ2v) is 8.60. The number of likely N-dealkylation sites (N-methyl/N-ethyl adjacent to an activating group) is 1. The van der Waals surface area contributed by atoms with Crippen molar-refractivity contribution in [3.05, 3.63) is 68.6 Å². The number of imidazole rings is 1. The first kappa shape index (κ1) is 31.7. The lowest BCUT2D eigenvalue weighted by Gasteiger charge is -2.18. The number of primary amides is 1. The lowest BCUT2D eigenvalue weighted by atomic mass is 10.1. The van der Waals surface area contributed by atoms with Crippen LogP contribution in [0.4, 0.5) is 26.3 Å². The van der Waals surface area contributed by atoms with Crippen LogP contribution in [0.5, 0.6) is 0 Å². The van der Waals surface area contributed by atoms with Gasteiger partial charge in [-0.25, -0.2) is 9.59 Å². The number of carboxylic acids is 1. The second-order valence-electron chi connectivity index (χ2n) is 8.20. The van der Waals surface area contributed by atoms with Gasteiger partial charge in [0.15, 0.2) is 0 Å². The Morgan fingerprint density at radius 2 is 1.59 bits per heavy atom. The summed E-state index contributed by atoms with van der Waals surface area (Å²) in [6, 6.07) is 8.60. The Hall–Kier alpha value is -3.52. The summed E-state index contributed by atoms with van der Waals surface area (Å²) in [5.74, 6) is -3.76. The average Bonchev–Trinajstić information content (AvgIpc) is 3.10. The van der Waals surface area contributed by atoms with Gasteiger partial charge < -0.3 is 15.7 Å². The van der Waals surface area contributed by atoms with Crippen molar-refractivity contribution in [3.63, 3.8) is 0 Å². The Morgan fingerprint density at radius 1 is 1.03 bits per heavy atom. The Morgan fingerprint density at radius 3 is 2.05 bits per heavy atom. The highest BCUT2D eigenvalue weighted by Gasteiger charge is 2.38. The molecule has 0 radical (unpaired) electrons. The number of hydrogen-bond donors (Lipinski definition) is 2.